The van der Waals surface area contributed by atoms with Crippen LogP contribution in [0, 0.1) is 10.1 Å². The van der Waals surface area contributed by atoms with E-state index >= 15 is 0 Å². The van der Waals surface area contributed by atoms with Gasteiger partial charge in [-0.15, -0.1) is 0 Å². The lowest BCUT2D eigenvalue weighted by molar-refractivity contribution is -0.384. The van der Waals surface area contributed by atoms with Crippen molar-refractivity contribution in [2.45, 2.75) is 26.0 Å². The Morgan fingerprint density at radius 1 is 1.31 bits per heavy atom. The topological polar surface area (TPSA) is 123 Å². The highest BCUT2D eigenvalue weighted by atomic mass is 16.6. The molecule has 1 aromatic heterocycles. The van der Waals surface area contributed by atoms with Crippen molar-refractivity contribution in [3.8, 4) is 0 Å². The van der Waals surface area contributed by atoms with Crippen LogP contribution in [0.3, 0.4) is 0 Å². The summed E-state index contributed by atoms with van der Waals surface area (Å²) in [4.78, 5) is 37.1. The molecule has 29 heavy (non-hydrogen) atoms. The number of hydrogen-bond donors (Lipinski definition) is 1. The quantitative estimate of drug-likeness (QED) is 0.249. The Labute approximate surface area is 166 Å². The van der Waals surface area contributed by atoms with Gasteiger partial charge in [0.2, 0.25) is 0 Å². The molecule has 1 unspecified atom stereocenters. The predicted octanol–water partition coefficient (Wildman–Crippen LogP) is 3.03. The molecule has 1 aliphatic heterocycles. The van der Waals surface area contributed by atoms with Crippen molar-refractivity contribution in [3.63, 3.8) is 0 Å². The Hall–Kier alpha value is -3.46. The van der Waals surface area contributed by atoms with Gasteiger partial charge in [-0.1, -0.05) is 12.1 Å². The van der Waals surface area contributed by atoms with E-state index in [0.717, 1.165) is 6.07 Å². The summed E-state index contributed by atoms with van der Waals surface area (Å²) < 4.78 is 10.9. The van der Waals surface area contributed by atoms with Crippen LogP contribution in [0.5, 0.6) is 0 Å². The second kappa shape index (κ2) is 8.27. The van der Waals surface area contributed by atoms with E-state index in [1.807, 2.05) is 13.8 Å². The third-order valence-electron chi connectivity index (χ3n) is 4.47. The number of carbonyl (C=O) groups excluding carboxylic acids is 2. The number of aliphatic hydroxyl groups is 1. The zero-order valence-electron chi connectivity index (χ0n) is 15.9. The van der Waals surface area contributed by atoms with Crippen LogP contribution in [0.15, 0.2) is 52.7 Å². The average molecular weight is 400 g/mol. The van der Waals surface area contributed by atoms with Gasteiger partial charge in [-0.25, -0.2) is 0 Å². The number of non-ortho nitro benzene ring substituents is 1. The van der Waals surface area contributed by atoms with Gasteiger partial charge in [-0.2, -0.15) is 0 Å². The van der Waals surface area contributed by atoms with Crippen LogP contribution in [-0.4, -0.2) is 45.9 Å². The van der Waals surface area contributed by atoms with E-state index in [0.29, 0.717) is 5.76 Å². The molecule has 0 bridgehead atoms. The third-order valence-corrected chi connectivity index (χ3v) is 4.47. The molecule has 1 aromatic carbocycles. The Morgan fingerprint density at radius 3 is 2.69 bits per heavy atom. The number of furan rings is 1. The standard InChI is InChI=1S/C20H20N2O7/c1-12(2)28-10-8-21-17(15-7-4-9-29-15)16(19(24)20(21)25)18(23)13-5-3-6-14(11-13)22(26)27/h3-7,9,11-12,17,23H,8,10H2,1-2H3/b18-16-. The first-order chi connectivity index (χ1) is 13.8. The van der Waals surface area contributed by atoms with Crippen LogP contribution in [-0.2, 0) is 14.3 Å². The molecule has 9 nitrogen and oxygen atoms in total. The maximum absolute atomic E-state index is 12.7. The third kappa shape index (κ3) is 4.04. The molecule has 2 aromatic rings. The summed E-state index contributed by atoms with van der Waals surface area (Å²) >= 11 is 0. The molecular formula is C20H20N2O7. The van der Waals surface area contributed by atoms with Crippen LogP contribution in [0.2, 0.25) is 0 Å². The first-order valence-corrected chi connectivity index (χ1v) is 8.99. The van der Waals surface area contributed by atoms with Gasteiger partial charge in [0.15, 0.2) is 0 Å². The van der Waals surface area contributed by atoms with Crippen molar-refractivity contribution in [1.82, 2.24) is 4.90 Å². The van der Waals surface area contributed by atoms with E-state index < -0.39 is 28.4 Å². The summed E-state index contributed by atoms with van der Waals surface area (Å²) in [5.74, 6) is -1.90. The Kier molecular flexibility index (Phi) is 5.79. The second-order valence-corrected chi connectivity index (χ2v) is 6.73. The van der Waals surface area contributed by atoms with E-state index in [-0.39, 0.29) is 36.1 Å². The molecule has 0 radical (unpaired) electrons. The van der Waals surface area contributed by atoms with Crippen LogP contribution >= 0.6 is 0 Å². The summed E-state index contributed by atoms with van der Waals surface area (Å²) in [7, 11) is 0. The SMILES string of the molecule is CC(C)OCCN1C(=O)C(=O)/C(=C(\O)c2cccc([N+](=O)[O-])c2)C1c1ccco1. The maximum Gasteiger partial charge on any atom is 0.295 e. The molecule has 9 heteroatoms. The Bertz CT molecular complexity index is 963. The van der Waals surface area contributed by atoms with E-state index in [9.17, 15) is 24.8 Å². The zero-order valence-corrected chi connectivity index (χ0v) is 15.9. The molecule has 1 N–H and O–H groups in total. The van der Waals surface area contributed by atoms with Crippen molar-refractivity contribution >= 4 is 23.1 Å². The number of amides is 1. The fourth-order valence-electron chi connectivity index (χ4n) is 3.16. The number of ether oxygens (including phenoxy) is 1. The van der Waals surface area contributed by atoms with Gasteiger partial charge in [0.25, 0.3) is 17.4 Å². The van der Waals surface area contributed by atoms with Crippen molar-refractivity contribution in [3.05, 3.63) is 69.7 Å². The van der Waals surface area contributed by atoms with Crippen molar-refractivity contribution in [2.75, 3.05) is 13.2 Å². The smallest absolute Gasteiger partial charge is 0.295 e. The van der Waals surface area contributed by atoms with E-state index in [4.69, 9.17) is 9.15 Å². The Balaban J connectivity index is 2.06. The fourth-order valence-corrected chi connectivity index (χ4v) is 3.16. The van der Waals surface area contributed by atoms with E-state index in [1.54, 1.807) is 12.1 Å². The lowest BCUT2D eigenvalue weighted by atomic mass is 9.99. The highest BCUT2D eigenvalue weighted by Crippen LogP contribution is 2.39. The average Bonchev–Trinajstić information content (AvgIpc) is 3.29. The second-order valence-electron chi connectivity index (χ2n) is 6.73. The highest BCUT2D eigenvalue weighted by Gasteiger charge is 2.47. The van der Waals surface area contributed by atoms with Crippen molar-refractivity contribution in [2.24, 2.45) is 0 Å². The Morgan fingerprint density at radius 2 is 2.07 bits per heavy atom. The monoisotopic (exact) mass is 400 g/mol. The first-order valence-electron chi connectivity index (χ1n) is 8.99. The summed E-state index contributed by atoms with van der Waals surface area (Å²) in [6.07, 6.45) is 1.34. The number of likely N-dealkylation sites (tertiary alicyclic amines) is 1. The minimum atomic E-state index is -0.958. The maximum atomic E-state index is 12.7. The molecule has 1 aliphatic rings. The number of benzene rings is 1. The number of carbonyl (C=O) groups is 2. The minimum Gasteiger partial charge on any atom is -0.507 e. The molecule has 0 spiro atoms. The predicted molar refractivity (Wildman–Crippen MR) is 102 cm³/mol. The van der Waals surface area contributed by atoms with Crippen molar-refractivity contribution < 1.29 is 28.8 Å². The molecule has 2 heterocycles. The zero-order chi connectivity index (χ0) is 21.1. The van der Waals surface area contributed by atoms with Gasteiger partial charge >= 0.3 is 0 Å². The van der Waals surface area contributed by atoms with Crippen molar-refractivity contribution in [1.29, 1.82) is 0 Å². The molecule has 3 rings (SSSR count). The number of hydrogen-bond acceptors (Lipinski definition) is 7. The molecule has 1 amide bonds. The van der Waals surface area contributed by atoms with Crippen LogP contribution in [0.25, 0.3) is 5.76 Å². The number of rotatable bonds is 7. The molecule has 1 fully saturated rings. The summed E-state index contributed by atoms with van der Waals surface area (Å²) in [5, 5.41) is 21.8. The van der Waals surface area contributed by atoms with Crippen LogP contribution < -0.4 is 0 Å². The number of nitrogens with zero attached hydrogens (tertiary/aromatic N) is 2. The molecular weight excluding hydrogens is 380 g/mol. The van der Waals surface area contributed by atoms with Gasteiger partial charge in [0, 0.05) is 24.2 Å². The number of aliphatic hydroxyl groups excluding tert-OH is 1. The highest BCUT2D eigenvalue weighted by molar-refractivity contribution is 6.46. The largest absolute Gasteiger partial charge is 0.507 e. The lowest BCUT2D eigenvalue weighted by Gasteiger charge is -2.23. The number of nitro benzene ring substituents is 1. The van der Waals surface area contributed by atoms with E-state index in [1.165, 1.54) is 29.4 Å². The minimum absolute atomic E-state index is 0.0567. The summed E-state index contributed by atoms with van der Waals surface area (Å²) in [6.45, 7) is 4.00. The van der Waals surface area contributed by atoms with E-state index in [2.05, 4.69) is 0 Å². The number of ketones is 1. The first kappa shape index (κ1) is 20.3. The van der Waals surface area contributed by atoms with Gasteiger partial charge < -0.3 is 19.2 Å². The summed E-state index contributed by atoms with van der Waals surface area (Å²) in [6, 6.07) is 7.46. The van der Waals surface area contributed by atoms with Gasteiger partial charge in [0.05, 0.1) is 29.5 Å². The number of Topliss-reactive ketones (excluding diaryl/α,β-unsaturated/α-hetero) is 1. The fraction of sp³-hybridized carbons (Fsp3) is 0.300. The number of nitro groups is 1. The molecule has 1 atom stereocenters. The molecule has 152 valence electrons. The summed E-state index contributed by atoms with van der Waals surface area (Å²) in [5.41, 5.74) is -0.370. The van der Waals surface area contributed by atoms with Crippen LogP contribution in [0.1, 0.15) is 31.2 Å². The molecule has 0 aliphatic carbocycles. The normalized spacial score (nSPS) is 18.6. The van der Waals surface area contributed by atoms with Gasteiger partial charge in [-0.05, 0) is 26.0 Å². The molecule has 0 saturated carbocycles. The van der Waals surface area contributed by atoms with Gasteiger partial charge in [-0.3, -0.25) is 19.7 Å². The van der Waals surface area contributed by atoms with Gasteiger partial charge in [0.1, 0.15) is 17.6 Å². The lowest BCUT2D eigenvalue weighted by Crippen LogP contribution is -2.33. The van der Waals surface area contributed by atoms with Crippen LogP contribution in [0.4, 0.5) is 5.69 Å². The molecule has 1 saturated heterocycles.